The highest BCUT2D eigenvalue weighted by molar-refractivity contribution is 7.16. The Kier molecular flexibility index (Phi) is 3.53. The SMILES string of the molecule is Fc1cc(-c2ccc3ncsc3c2)cn2cc(C3CCNCC3)nc12. The van der Waals surface area contributed by atoms with E-state index in [0.29, 0.717) is 11.6 Å². The summed E-state index contributed by atoms with van der Waals surface area (Å²) in [6, 6.07) is 7.62. The fourth-order valence-electron chi connectivity index (χ4n) is 3.58. The number of rotatable bonds is 2. The molecular formula is C19H17FN4S. The molecule has 4 aromatic rings. The minimum Gasteiger partial charge on any atom is -0.317 e. The van der Waals surface area contributed by atoms with E-state index < -0.39 is 0 Å². The van der Waals surface area contributed by atoms with Crippen molar-refractivity contribution in [3.05, 3.63) is 53.7 Å². The number of imidazole rings is 1. The first kappa shape index (κ1) is 15.0. The van der Waals surface area contributed by atoms with E-state index in [1.54, 1.807) is 17.4 Å². The summed E-state index contributed by atoms with van der Waals surface area (Å²) in [4.78, 5) is 8.86. The molecule has 126 valence electrons. The number of fused-ring (bicyclic) bond motifs is 2. The molecule has 4 heterocycles. The van der Waals surface area contributed by atoms with Gasteiger partial charge in [0.2, 0.25) is 0 Å². The highest BCUT2D eigenvalue weighted by atomic mass is 32.1. The Hall–Kier alpha value is -2.31. The van der Waals surface area contributed by atoms with Crippen molar-refractivity contribution in [2.45, 2.75) is 18.8 Å². The van der Waals surface area contributed by atoms with Gasteiger partial charge in [-0.3, -0.25) is 0 Å². The van der Waals surface area contributed by atoms with Gasteiger partial charge in [0.1, 0.15) is 0 Å². The van der Waals surface area contributed by atoms with Gasteiger partial charge in [0, 0.05) is 23.9 Å². The van der Waals surface area contributed by atoms with Crippen molar-refractivity contribution in [2.24, 2.45) is 0 Å². The lowest BCUT2D eigenvalue weighted by atomic mass is 9.95. The quantitative estimate of drug-likeness (QED) is 0.587. The Morgan fingerprint density at radius 3 is 2.88 bits per heavy atom. The number of piperidine rings is 1. The Morgan fingerprint density at radius 2 is 2.00 bits per heavy atom. The van der Waals surface area contributed by atoms with E-state index >= 15 is 0 Å². The highest BCUT2D eigenvalue weighted by Crippen LogP contribution is 2.29. The number of halogens is 1. The maximum absolute atomic E-state index is 14.7. The lowest BCUT2D eigenvalue weighted by molar-refractivity contribution is 0.454. The molecular weight excluding hydrogens is 335 g/mol. The number of benzene rings is 1. The predicted molar refractivity (Wildman–Crippen MR) is 98.6 cm³/mol. The number of hydrogen-bond acceptors (Lipinski definition) is 4. The van der Waals surface area contributed by atoms with E-state index in [2.05, 4.69) is 21.4 Å². The number of thiazole rings is 1. The zero-order chi connectivity index (χ0) is 16.8. The van der Waals surface area contributed by atoms with Gasteiger partial charge in [-0.25, -0.2) is 14.4 Å². The molecule has 0 amide bonds. The molecule has 0 spiro atoms. The van der Waals surface area contributed by atoms with Gasteiger partial charge < -0.3 is 9.72 Å². The van der Waals surface area contributed by atoms with Crippen LogP contribution in [0, 0.1) is 5.82 Å². The molecule has 0 saturated carbocycles. The molecule has 0 atom stereocenters. The summed E-state index contributed by atoms with van der Waals surface area (Å²) < 4.78 is 17.6. The minimum atomic E-state index is -0.276. The number of pyridine rings is 1. The van der Waals surface area contributed by atoms with Crippen LogP contribution in [-0.2, 0) is 0 Å². The lowest BCUT2D eigenvalue weighted by Gasteiger charge is -2.20. The molecule has 0 bridgehead atoms. The Labute approximate surface area is 148 Å². The second-order valence-electron chi connectivity index (χ2n) is 6.53. The van der Waals surface area contributed by atoms with E-state index in [1.807, 2.05) is 34.4 Å². The largest absolute Gasteiger partial charge is 0.317 e. The van der Waals surface area contributed by atoms with E-state index in [4.69, 9.17) is 0 Å². The molecule has 1 fully saturated rings. The van der Waals surface area contributed by atoms with Crippen molar-refractivity contribution < 1.29 is 4.39 Å². The standard InChI is InChI=1S/C19H17FN4S/c20-15-7-14(13-1-2-16-18(8-13)25-11-22-16)9-24-10-17(23-19(15)24)12-3-5-21-6-4-12/h1-2,7-12,21H,3-6H2. The number of nitrogens with zero attached hydrogens (tertiary/aromatic N) is 3. The monoisotopic (exact) mass is 352 g/mol. The molecule has 25 heavy (non-hydrogen) atoms. The average Bonchev–Trinajstić information content (AvgIpc) is 3.28. The summed E-state index contributed by atoms with van der Waals surface area (Å²) in [5.74, 6) is 0.139. The molecule has 3 aromatic heterocycles. The van der Waals surface area contributed by atoms with Crippen LogP contribution in [0.4, 0.5) is 4.39 Å². The maximum atomic E-state index is 14.7. The molecule has 0 aliphatic carbocycles. The van der Waals surface area contributed by atoms with Gasteiger partial charge in [-0.1, -0.05) is 6.07 Å². The van der Waals surface area contributed by atoms with Crippen LogP contribution < -0.4 is 5.32 Å². The summed E-state index contributed by atoms with van der Waals surface area (Å²) >= 11 is 1.60. The van der Waals surface area contributed by atoms with E-state index in [1.165, 1.54) is 0 Å². The van der Waals surface area contributed by atoms with Crippen molar-refractivity contribution in [1.29, 1.82) is 0 Å². The number of nitrogens with one attached hydrogen (secondary N) is 1. The summed E-state index contributed by atoms with van der Waals surface area (Å²) in [6.45, 7) is 2.00. The first-order valence-corrected chi connectivity index (χ1v) is 9.38. The minimum absolute atomic E-state index is 0.276. The van der Waals surface area contributed by atoms with Crippen LogP contribution >= 0.6 is 11.3 Å². The van der Waals surface area contributed by atoms with Gasteiger partial charge in [-0.05, 0) is 49.7 Å². The zero-order valence-electron chi connectivity index (χ0n) is 13.6. The number of aromatic nitrogens is 3. The molecule has 1 saturated heterocycles. The molecule has 0 unspecified atom stereocenters. The van der Waals surface area contributed by atoms with Crippen LogP contribution in [0.2, 0.25) is 0 Å². The van der Waals surface area contributed by atoms with Gasteiger partial charge in [0.15, 0.2) is 11.5 Å². The van der Waals surface area contributed by atoms with Crippen LogP contribution in [0.25, 0.3) is 27.0 Å². The molecule has 4 nitrogen and oxygen atoms in total. The summed E-state index contributed by atoms with van der Waals surface area (Å²) in [7, 11) is 0. The Morgan fingerprint density at radius 1 is 1.12 bits per heavy atom. The molecule has 1 aromatic carbocycles. The molecule has 0 radical (unpaired) electrons. The number of hydrogen-bond donors (Lipinski definition) is 1. The fraction of sp³-hybridized carbons (Fsp3) is 0.263. The third kappa shape index (κ3) is 2.62. The smallest absolute Gasteiger partial charge is 0.173 e. The van der Waals surface area contributed by atoms with Gasteiger partial charge >= 0.3 is 0 Å². The molecule has 5 rings (SSSR count). The van der Waals surface area contributed by atoms with E-state index in [9.17, 15) is 4.39 Å². The first-order chi connectivity index (χ1) is 12.3. The molecule has 1 aliphatic heterocycles. The van der Waals surface area contributed by atoms with Crippen molar-refractivity contribution in [3.8, 4) is 11.1 Å². The van der Waals surface area contributed by atoms with Crippen LogP contribution in [0.5, 0.6) is 0 Å². The van der Waals surface area contributed by atoms with Crippen molar-refractivity contribution in [2.75, 3.05) is 13.1 Å². The van der Waals surface area contributed by atoms with Crippen molar-refractivity contribution in [1.82, 2.24) is 19.7 Å². The van der Waals surface area contributed by atoms with Crippen molar-refractivity contribution >= 4 is 27.2 Å². The Balaban J connectivity index is 1.59. The van der Waals surface area contributed by atoms with Gasteiger partial charge in [0.25, 0.3) is 0 Å². The van der Waals surface area contributed by atoms with Crippen LogP contribution in [0.3, 0.4) is 0 Å². The maximum Gasteiger partial charge on any atom is 0.173 e. The third-order valence-corrected chi connectivity index (χ3v) is 5.74. The first-order valence-electron chi connectivity index (χ1n) is 8.50. The van der Waals surface area contributed by atoms with Crippen LogP contribution in [0.15, 0.2) is 42.2 Å². The third-order valence-electron chi connectivity index (χ3n) is 4.95. The molecule has 1 N–H and O–H groups in total. The summed E-state index contributed by atoms with van der Waals surface area (Å²) in [6.07, 6.45) is 6.07. The molecule has 1 aliphatic rings. The average molecular weight is 352 g/mol. The molecule has 6 heteroatoms. The topological polar surface area (TPSA) is 42.2 Å². The normalized spacial score (nSPS) is 16.0. The van der Waals surface area contributed by atoms with E-state index in [-0.39, 0.29) is 5.82 Å². The van der Waals surface area contributed by atoms with Crippen LogP contribution in [-0.4, -0.2) is 27.5 Å². The van der Waals surface area contributed by atoms with Gasteiger partial charge in [-0.15, -0.1) is 11.3 Å². The second kappa shape index (κ2) is 5.89. The second-order valence-corrected chi connectivity index (χ2v) is 7.42. The lowest BCUT2D eigenvalue weighted by Crippen LogP contribution is -2.26. The van der Waals surface area contributed by atoms with Crippen LogP contribution in [0.1, 0.15) is 24.5 Å². The van der Waals surface area contributed by atoms with Gasteiger partial charge in [0.05, 0.1) is 21.4 Å². The van der Waals surface area contributed by atoms with Gasteiger partial charge in [-0.2, -0.15) is 0 Å². The Bertz CT molecular complexity index is 1060. The summed E-state index contributed by atoms with van der Waals surface area (Å²) in [5, 5.41) is 3.36. The van der Waals surface area contributed by atoms with E-state index in [0.717, 1.165) is 53.0 Å². The van der Waals surface area contributed by atoms with Crippen molar-refractivity contribution in [3.63, 3.8) is 0 Å². The fourth-order valence-corrected chi connectivity index (χ4v) is 4.30. The predicted octanol–water partition coefficient (Wildman–Crippen LogP) is 4.22. The summed E-state index contributed by atoms with van der Waals surface area (Å²) in [5.41, 5.74) is 6.07. The zero-order valence-corrected chi connectivity index (χ0v) is 14.4. The highest BCUT2D eigenvalue weighted by Gasteiger charge is 2.19.